The average Bonchev–Trinajstić information content (AvgIpc) is 3.89. The number of hydrogen-bond acceptors (Lipinski definition) is 6. The van der Waals surface area contributed by atoms with Crippen molar-refractivity contribution >= 4 is 87.1 Å². The lowest BCUT2D eigenvalue weighted by molar-refractivity contribution is 0.668. The van der Waals surface area contributed by atoms with Crippen LogP contribution in [0.2, 0.25) is 0 Å². The first-order chi connectivity index (χ1) is 25.3. The number of nitrogens with one attached hydrogen (secondary N) is 1. The molecular formula is C45H27N3O2S. The van der Waals surface area contributed by atoms with Crippen LogP contribution in [-0.4, -0.2) is 11.7 Å². The first-order valence-electron chi connectivity index (χ1n) is 17.0. The maximum Gasteiger partial charge on any atom is 0.170 e. The molecule has 0 aliphatic carbocycles. The summed E-state index contributed by atoms with van der Waals surface area (Å²) >= 11 is 1.83. The highest BCUT2D eigenvalue weighted by Gasteiger charge is 2.27. The van der Waals surface area contributed by atoms with Crippen LogP contribution in [0, 0.1) is 0 Å². The van der Waals surface area contributed by atoms with Gasteiger partial charge in [0.15, 0.2) is 6.17 Å². The zero-order valence-corrected chi connectivity index (χ0v) is 27.9. The Morgan fingerprint density at radius 3 is 1.96 bits per heavy atom. The molecule has 0 saturated heterocycles. The van der Waals surface area contributed by atoms with Gasteiger partial charge in [-0.05, 0) is 35.9 Å². The van der Waals surface area contributed by atoms with Gasteiger partial charge in [0.25, 0.3) is 0 Å². The fourth-order valence-corrected chi connectivity index (χ4v) is 8.85. The summed E-state index contributed by atoms with van der Waals surface area (Å²) in [5.74, 6) is 1.50. The second-order valence-corrected chi connectivity index (χ2v) is 14.0. The smallest absolute Gasteiger partial charge is 0.170 e. The molecule has 0 bridgehead atoms. The number of thiophene rings is 1. The minimum atomic E-state index is -0.541. The number of aliphatic imine (C=N–C) groups is 2. The van der Waals surface area contributed by atoms with E-state index >= 15 is 0 Å². The van der Waals surface area contributed by atoms with E-state index in [1.165, 1.54) is 20.2 Å². The molecule has 0 spiro atoms. The topological polar surface area (TPSA) is 63.0 Å². The lowest BCUT2D eigenvalue weighted by atomic mass is 9.94. The van der Waals surface area contributed by atoms with Gasteiger partial charge < -0.3 is 14.2 Å². The second-order valence-electron chi connectivity index (χ2n) is 12.9. The Labute approximate surface area is 295 Å². The van der Waals surface area contributed by atoms with E-state index in [0.29, 0.717) is 0 Å². The molecule has 11 rings (SSSR count). The number of benzene rings is 7. The highest BCUT2D eigenvalue weighted by molar-refractivity contribution is 7.25. The number of rotatable bonds is 4. The third-order valence-electron chi connectivity index (χ3n) is 9.97. The Hall–Kier alpha value is -6.50. The molecule has 0 amide bonds. The van der Waals surface area contributed by atoms with Crippen LogP contribution < -0.4 is 5.32 Å². The highest BCUT2D eigenvalue weighted by Crippen LogP contribution is 2.46. The molecule has 1 N–H and O–H groups in total. The van der Waals surface area contributed by atoms with Gasteiger partial charge in [-0.1, -0.05) is 121 Å². The third kappa shape index (κ3) is 4.33. The van der Waals surface area contributed by atoms with Gasteiger partial charge in [-0.15, -0.1) is 11.3 Å². The van der Waals surface area contributed by atoms with Crippen LogP contribution in [0.1, 0.15) is 22.9 Å². The Bertz CT molecular complexity index is 3070. The molecular weight excluding hydrogens is 647 g/mol. The fraction of sp³-hybridized carbons (Fsp3) is 0.0222. The largest absolute Gasteiger partial charge is 0.456 e. The Morgan fingerprint density at radius 1 is 0.451 bits per heavy atom. The standard InChI is InChI=1S/C45H27N3O2S/c1-2-12-26(13-3-1)43-46-44(32-18-10-21-36-39(32)29-14-4-7-19-34(29)49-36)48-45(47-43)33-25-24-28(42-41(33)30-15-5-8-20-35(30)50-42)27-17-11-23-38-40(27)31-16-6-9-22-37(31)51-38/h1-25,45H,(H,46,47,48). The number of para-hydroxylation sites is 2. The predicted molar refractivity (Wildman–Crippen MR) is 211 cm³/mol. The van der Waals surface area contributed by atoms with Crippen LogP contribution in [-0.2, 0) is 0 Å². The molecule has 10 aromatic rings. The van der Waals surface area contributed by atoms with Crippen molar-refractivity contribution < 1.29 is 8.83 Å². The summed E-state index contributed by atoms with van der Waals surface area (Å²) in [6.07, 6.45) is -0.541. The summed E-state index contributed by atoms with van der Waals surface area (Å²) in [7, 11) is 0. The van der Waals surface area contributed by atoms with Crippen molar-refractivity contribution in [2.24, 2.45) is 9.98 Å². The van der Waals surface area contributed by atoms with Gasteiger partial charge in [0.2, 0.25) is 0 Å². The van der Waals surface area contributed by atoms with Crippen LogP contribution in [0.15, 0.2) is 170 Å². The normalized spacial score (nSPS) is 14.9. The van der Waals surface area contributed by atoms with Crippen LogP contribution in [0.3, 0.4) is 0 Å². The molecule has 4 heterocycles. The number of fused-ring (bicyclic) bond motifs is 9. The van der Waals surface area contributed by atoms with E-state index < -0.39 is 6.17 Å². The molecule has 51 heavy (non-hydrogen) atoms. The van der Waals surface area contributed by atoms with Crippen molar-refractivity contribution in [3.63, 3.8) is 0 Å². The fourth-order valence-electron chi connectivity index (χ4n) is 7.72. The Morgan fingerprint density at radius 2 is 1.10 bits per heavy atom. The monoisotopic (exact) mass is 673 g/mol. The van der Waals surface area contributed by atoms with E-state index in [1.807, 2.05) is 72.0 Å². The Kier molecular flexibility index (Phi) is 6.12. The van der Waals surface area contributed by atoms with Crippen molar-refractivity contribution in [3.8, 4) is 11.1 Å². The van der Waals surface area contributed by atoms with Crippen LogP contribution in [0.5, 0.6) is 0 Å². The summed E-state index contributed by atoms with van der Waals surface area (Å²) in [6.45, 7) is 0. The lowest BCUT2D eigenvalue weighted by Gasteiger charge is -2.23. The summed E-state index contributed by atoms with van der Waals surface area (Å²) in [4.78, 5) is 10.7. The molecule has 1 unspecified atom stereocenters. The molecule has 1 atom stereocenters. The van der Waals surface area contributed by atoms with E-state index in [-0.39, 0.29) is 0 Å². The highest BCUT2D eigenvalue weighted by atomic mass is 32.1. The molecule has 1 aliphatic rings. The van der Waals surface area contributed by atoms with Gasteiger partial charge in [-0.25, -0.2) is 9.98 Å². The summed E-state index contributed by atoms with van der Waals surface area (Å²) in [5, 5.41) is 10.3. The Balaban J connectivity index is 1.18. The number of hydrogen-bond donors (Lipinski definition) is 1. The molecule has 6 heteroatoms. The van der Waals surface area contributed by atoms with Gasteiger partial charge in [0.1, 0.15) is 34.0 Å². The van der Waals surface area contributed by atoms with E-state index in [1.54, 1.807) is 0 Å². The van der Waals surface area contributed by atoms with E-state index in [0.717, 1.165) is 83.4 Å². The molecule has 3 aromatic heterocycles. The van der Waals surface area contributed by atoms with E-state index in [2.05, 4.69) is 96.3 Å². The van der Waals surface area contributed by atoms with Crippen molar-refractivity contribution in [1.82, 2.24) is 5.32 Å². The summed E-state index contributed by atoms with van der Waals surface area (Å²) in [6, 6.07) is 52.5. The molecule has 7 aromatic carbocycles. The SMILES string of the molecule is c1ccc(C2=NC(c3ccc(-c4cccc5sc6ccccc6c45)c4oc5ccccc5c34)N=C(c3cccc4oc5ccccc5c34)N2)cc1. The van der Waals surface area contributed by atoms with Crippen molar-refractivity contribution in [3.05, 3.63) is 168 Å². The van der Waals surface area contributed by atoms with E-state index in [4.69, 9.17) is 18.8 Å². The first kappa shape index (κ1) is 28.3. The number of furan rings is 2. The van der Waals surface area contributed by atoms with Crippen LogP contribution >= 0.6 is 11.3 Å². The minimum absolute atomic E-state index is 0.541. The summed E-state index contributed by atoms with van der Waals surface area (Å²) in [5.41, 5.74) is 8.49. The van der Waals surface area contributed by atoms with Gasteiger partial charge in [-0.2, -0.15) is 0 Å². The van der Waals surface area contributed by atoms with Gasteiger partial charge in [0.05, 0.1) is 0 Å². The third-order valence-corrected chi connectivity index (χ3v) is 11.1. The van der Waals surface area contributed by atoms with Crippen molar-refractivity contribution in [2.75, 3.05) is 0 Å². The molecule has 0 saturated carbocycles. The maximum atomic E-state index is 6.80. The van der Waals surface area contributed by atoms with Crippen LogP contribution in [0.4, 0.5) is 0 Å². The van der Waals surface area contributed by atoms with Gasteiger partial charge >= 0.3 is 0 Å². The molecule has 0 fully saturated rings. The molecule has 240 valence electrons. The van der Waals surface area contributed by atoms with Crippen molar-refractivity contribution in [1.29, 1.82) is 0 Å². The quantitative estimate of drug-likeness (QED) is 0.202. The average molecular weight is 674 g/mol. The number of amidine groups is 2. The molecule has 1 aliphatic heterocycles. The maximum absolute atomic E-state index is 6.80. The van der Waals surface area contributed by atoms with E-state index in [9.17, 15) is 0 Å². The minimum Gasteiger partial charge on any atom is -0.456 e. The van der Waals surface area contributed by atoms with Gasteiger partial charge in [-0.3, -0.25) is 0 Å². The second kappa shape index (κ2) is 11.0. The lowest BCUT2D eigenvalue weighted by Crippen LogP contribution is -2.36. The van der Waals surface area contributed by atoms with Gasteiger partial charge in [0, 0.05) is 64.0 Å². The molecule has 5 nitrogen and oxygen atoms in total. The molecule has 0 radical (unpaired) electrons. The zero-order valence-electron chi connectivity index (χ0n) is 27.1. The van der Waals surface area contributed by atoms with Crippen molar-refractivity contribution in [2.45, 2.75) is 6.17 Å². The number of nitrogens with zero attached hydrogens (tertiary/aromatic N) is 2. The first-order valence-corrected chi connectivity index (χ1v) is 17.8. The van der Waals surface area contributed by atoms with Crippen LogP contribution in [0.25, 0.3) is 75.2 Å². The summed E-state index contributed by atoms with van der Waals surface area (Å²) < 4.78 is 15.6. The predicted octanol–water partition coefficient (Wildman–Crippen LogP) is 12.0. The zero-order chi connectivity index (χ0) is 33.5.